The van der Waals surface area contributed by atoms with Crippen molar-refractivity contribution < 1.29 is 34.0 Å². The van der Waals surface area contributed by atoms with Crippen LogP contribution in [0.25, 0.3) is 5.57 Å². The SMILES string of the molecule is CCOC(=O)C1=CC(=CCC(C)C)c2c(cc3c(c2OC)C[C@@H]([C@@](C)(O)CCCCO)O3)O1. The first kappa shape index (κ1) is 25.1. The molecule has 0 bridgehead atoms. The van der Waals surface area contributed by atoms with Crippen LogP contribution in [-0.4, -0.2) is 48.2 Å². The first-order chi connectivity index (χ1) is 15.7. The number of aliphatic hydroxyl groups is 2. The van der Waals surface area contributed by atoms with Gasteiger partial charge < -0.3 is 29.2 Å². The summed E-state index contributed by atoms with van der Waals surface area (Å²) < 4.78 is 23.1. The van der Waals surface area contributed by atoms with Gasteiger partial charge in [0.2, 0.25) is 5.76 Å². The van der Waals surface area contributed by atoms with Gasteiger partial charge in [0.25, 0.3) is 0 Å². The number of methoxy groups -OCH3 is 1. The van der Waals surface area contributed by atoms with E-state index in [1.807, 2.05) is 0 Å². The summed E-state index contributed by atoms with van der Waals surface area (Å²) in [6, 6.07) is 1.77. The van der Waals surface area contributed by atoms with E-state index in [0.717, 1.165) is 23.1 Å². The molecule has 0 amide bonds. The van der Waals surface area contributed by atoms with Crippen LogP contribution in [0.5, 0.6) is 17.2 Å². The zero-order chi connectivity index (χ0) is 24.2. The Morgan fingerprint density at radius 1 is 1.33 bits per heavy atom. The van der Waals surface area contributed by atoms with Crippen LogP contribution in [0.2, 0.25) is 0 Å². The fraction of sp³-hybridized carbons (Fsp3) is 0.577. The number of hydrogen-bond donors (Lipinski definition) is 2. The summed E-state index contributed by atoms with van der Waals surface area (Å²) >= 11 is 0. The number of rotatable bonds is 10. The highest BCUT2D eigenvalue weighted by atomic mass is 16.6. The summed E-state index contributed by atoms with van der Waals surface area (Å²) in [5.41, 5.74) is 1.42. The summed E-state index contributed by atoms with van der Waals surface area (Å²) in [6.45, 7) is 8.12. The van der Waals surface area contributed by atoms with E-state index in [9.17, 15) is 9.90 Å². The van der Waals surface area contributed by atoms with E-state index < -0.39 is 17.7 Å². The van der Waals surface area contributed by atoms with Crippen molar-refractivity contribution in [3.8, 4) is 17.2 Å². The van der Waals surface area contributed by atoms with E-state index in [1.165, 1.54) is 0 Å². The number of esters is 1. The lowest BCUT2D eigenvalue weighted by Gasteiger charge is -2.29. The lowest BCUT2D eigenvalue weighted by Crippen LogP contribution is -2.42. The fourth-order valence-corrected chi connectivity index (χ4v) is 4.20. The number of aliphatic hydroxyl groups excluding tert-OH is 1. The number of carbonyl (C=O) groups excluding carboxylic acids is 1. The van der Waals surface area contributed by atoms with Gasteiger partial charge in [-0.2, -0.15) is 0 Å². The molecule has 3 rings (SSSR count). The number of ether oxygens (including phenoxy) is 4. The standard InChI is InChI=1S/C26H36O7/c1-6-31-25(28)21-13-17(10-9-16(2)3)23-20(32-21)15-19-18(24(23)30-5)14-22(33-19)26(4,29)11-7-8-12-27/h10,13,15-16,22,27,29H,6-9,11-12,14H2,1-5H3/t22-,26-/m0/s1. The third kappa shape index (κ3) is 5.53. The van der Waals surface area contributed by atoms with Crippen LogP contribution < -0.4 is 14.2 Å². The van der Waals surface area contributed by atoms with Crippen molar-refractivity contribution in [2.24, 2.45) is 5.92 Å². The summed E-state index contributed by atoms with van der Waals surface area (Å²) in [5, 5.41) is 20.1. The molecule has 0 aromatic heterocycles. The second-order valence-corrected chi connectivity index (χ2v) is 9.23. The quantitative estimate of drug-likeness (QED) is 0.399. The van der Waals surface area contributed by atoms with Crippen molar-refractivity contribution in [1.29, 1.82) is 0 Å². The Morgan fingerprint density at radius 2 is 2.09 bits per heavy atom. The van der Waals surface area contributed by atoms with Crippen molar-refractivity contribution in [2.45, 2.75) is 71.5 Å². The largest absolute Gasteiger partial charge is 0.496 e. The summed E-state index contributed by atoms with van der Waals surface area (Å²) in [6.07, 6.45) is 6.49. The van der Waals surface area contributed by atoms with Gasteiger partial charge in [0, 0.05) is 24.7 Å². The van der Waals surface area contributed by atoms with Gasteiger partial charge in [0.05, 0.1) is 24.9 Å². The molecule has 0 spiro atoms. The Balaban J connectivity index is 2.00. The Labute approximate surface area is 196 Å². The Kier molecular flexibility index (Phi) is 8.08. The molecule has 0 aliphatic carbocycles. The maximum absolute atomic E-state index is 12.4. The first-order valence-electron chi connectivity index (χ1n) is 11.7. The minimum atomic E-state index is -1.06. The van der Waals surface area contributed by atoms with E-state index in [4.69, 9.17) is 24.1 Å². The number of allylic oxidation sites excluding steroid dienone is 3. The van der Waals surface area contributed by atoms with Gasteiger partial charge in [-0.15, -0.1) is 0 Å². The maximum Gasteiger partial charge on any atom is 0.374 e. The van der Waals surface area contributed by atoms with Crippen molar-refractivity contribution >= 4 is 11.5 Å². The van der Waals surface area contributed by atoms with Gasteiger partial charge in [-0.3, -0.25) is 0 Å². The Hall–Kier alpha value is -2.51. The average Bonchev–Trinajstić information content (AvgIpc) is 3.20. The van der Waals surface area contributed by atoms with Crippen LogP contribution in [0.4, 0.5) is 0 Å². The number of fused-ring (bicyclic) bond motifs is 2. The molecule has 2 atom stereocenters. The molecule has 7 heteroatoms. The van der Waals surface area contributed by atoms with Crippen LogP contribution in [-0.2, 0) is 16.0 Å². The predicted octanol–water partition coefficient (Wildman–Crippen LogP) is 4.18. The van der Waals surface area contributed by atoms with E-state index in [0.29, 0.717) is 48.8 Å². The topological polar surface area (TPSA) is 94.5 Å². The van der Waals surface area contributed by atoms with Crippen LogP contribution >= 0.6 is 0 Å². The van der Waals surface area contributed by atoms with Gasteiger partial charge in [-0.05, 0) is 57.1 Å². The van der Waals surface area contributed by atoms with Gasteiger partial charge in [-0.1, -0.05) is 19.9 Å². The van der Waals surface area contributed by atoms with Crippen molar-refractivity contribution in [2.75, 3.05) is 20.3 Å². The highest BCUT2D eigenvalue weighted by Gasteiger charge is 2.41. The molecule has 0 unspecified atom stereocenters. The van der Waals surface area contributed by atoms with E-state index >= 15 is 0 Å². The van der Waals surface area contributed by atoms with Crippen molar-refractivity contribution in [3.05, 3.63) is 35.1 Å². The molecule has 0 saturated carbocycles. The molecule has 0 fully saturated rings. The van der Waals surface area contributed by atoms with E-state index in [2.05, 4.69) is 19.9 Å². The molecule has 182 valence electrons. The number of hydrogen-bond acceptors (Lipinski definition) is 7. The highest BCUT2D eigenvalue weighted by molar-refractivity contribution is 5.95. The minimum Gasteiger partial charge on any atom is -0.496 e. The predicted molar refractivity (Wildman–Crippen MR) is 125 cm³/mol. The summed E-state index contributed by atoms with van der Waals surface area (Å²) in [4.78, 5) is 12.4. The minimum absolute atomic E-state index is 0.0982. The molecule has 2 N–H and O–H groups in total. The molecule has 1 aromatic carbocycles. The molecule has 2 heterocycles. The number of carbonyl (C=O) groups is 1. The van der Waals surface area contributed by atoms with Crippen molar-refractivity contribution in [1.82, 2.24) is 0 Å². The monoisotopic (exact) mass is 460 g/mol. The lowest BCUT2D eigenvalue weighted by atomic mass is 9.88. The highest BCUT2D eigenvalue weighted by Crippen LogP contribution is 2.50. The summed E-state index contributed by atoms with van der Waals surface area (Å²) in [5.74, 6) is 1.70. The Bertz CT molecular complexity index is 927. The molecule has 7 nitrogen and oxygen atoms in total. The zero-order valence-electron chi connectivity index (χ0n) is 20.3. The molecule has 0 radical (unpaired) electrons. The Morgan fingerprint density at radius 3 is 2.73 bits per heavy atom. The number of benzene rings is 1. The molecule has 0 saturated heterocycles. The normalized spacial score (nSPS) is 19.8. The smallest absolute Gasteiger partial charge is 0.374 e. The van der Waals surface area contributed by atoms with Crippen LogP contribution in [0, 0.1) is 5.92 Å². The molecular weight excluding hydrogens is 424 g/mol. The fourth-order valence-electron chi connectivity index (χ4n) is 4.20. The van der Waals surface area contributed by atoms with Gasteiger partial charge >= 0.3 is 5.97 Å². The third-order valence-corrected chi connectivity index (χ3v) is 6.04. The van der Waals surface area contributed by atoms with Crippen LogP contribution in [0.3, 0.4) is 0 Å². The molecular formula is C26H36O7. The van der Waals surface area contributed by atoms with Crippen LogP contribution in [0.15, 0.2) is 24.0 Å². The molecule has 2 aliphatic heterocycles. The number of unbranched alkanes of at least 4 members (excludes halogenated alkanes) is 1. The maximum atomic E-state index is 12.4. The molecule has 33 heavy (non-hydrogen) atoms. The zero-order valence-corrected chi connectivity index (χ0v) is 20.3. The third-order valence-electron chi connectivity index (χ3n) is 6.04. The molecule has 2 aliphatic rings. The van der Waals surface area contributed by atoms with Crippen molar-refractivity contribution in [3.63, 3.8) is 0 Å². The lowest BCUT2D eigenvalue weighted by molar-refractivity contribution is -0.141. The first-order valence-corrected chi connectivity index (χ1v) is 11.7. The van der Waals surface area contributed by atoms with E-state index in [1.54, 1.807) is 33.1 Å². The molecule has 1 aromatic rings. The summed E-state index contributed by atoms with van der Waals surface area (Å²) in [7, 11) is 1.60. The second-order valence-electron chi connectivity index (χ2n) is 9.23. The van der Waals surface area contributed by atoms with Gasteiger partial charge in [0.1, 0.15) is 23.4 Å². The van der Waals surface area contributed by atoms with E-state index in [-0.39, 0.29) is 19.0 Å². The van der Waals surface area contributed by atoms with Gasteiger partial charge in [-0.25, -0.2) is 4.79 Å². The average molecular weight is 461 g/mol. The van der Waals surface area contributed by atoms with Crippen LogP contribution in [0.1, 0.15) is 64.5 Å². The van der Waals surface area contributed by atoms with Gasteiger partial charge in [0.15, 0.2) is 0 Å². The second kappa shape index (κ2) is 10.6.